The lowest BCUT2D eigenvalue weighted by Gasteiger charge is -1.93. The first-order valence-electron chi connectivity index (χ1n) is 4.55. The van der Waals surface area contributed by atoms with Crippen molar-refractivity contribution in [3.8, 4) is 10.7 Å². The summed E-state index contributed by atoms with van der Waals surface area (Å²) in [5.41, 5.74) is 5.50. The van der Waals surface area contributed by atoms with Crippen molar-refractivity contribution in [2.45, 2.75) is 6.42 Å². The van der Waals surface area contributed by atoms with E-state index < -0.39 is 0 Å². The van der Waals surface area contributed by atoms with Gasteiger partial charge in [0.15, 0.2) is 5.82 Å². The van der Waals surface area contributed by atoms with E-state index in [-0.39, 0.29) is 0 Å². The molecule has 2 aromatic heterocycles. The second kappa shape index (κ2) is 4.42. The molecular formula is C9H11BrN4S. The second-order valence-corrected chi connectivity index (χ2v) is 4.97. The van der Waals surface area contributed by atoms with E-state index in [1.165, 1.54) is 0 Å². The molecule has 0 aliphatic carbocycles. The van der Waals surface area contributed by atoms with Crippen LogP contribution in [0.1, 0.15) is 5.82 Å². The molecule has 4 nitrogen and oxygen atoms in total. The third kappa shape index (κ3) is 2.27. The summed E-state index contributed by atoms with van der Waals surface area (Å²) in [6, 6.07) is 2.02. The standard InChI is InChI=1S/C9H11BrN4S/c1-14-8(2-3-11)12-9(13-14)7-4-6(10)5-15-7/h4-5H,2-3,11H2,1H3. The summed E-state index contributed by atoms with van der Waals surface area (Å²) in [7, 11) is 1.89. The van der Waals surface area contributed by atoms with Crippen LogP contribution >= 0.6 is 27.3 Å². The largest absolute Gasteiger partial charge is 0.330 e. The first-order valence-corrected chi connectivity index (χ1v) is 6.22. The minimum absolute atomic E-state index is 0.597. The number of halogens is 1. The Kier molecular flexibility index (Phi) is 3.18. The number of nitrogens with two attached hydrogens (primary N) is 1. The average molecular weight is 287 g/mol. The molecule has 0 aliphatic rings. The highest BCUT2D eigenvalue weighted by atomic mass is 79.9. The molecule has 2 heterocycles. The number of aryl methyl sites for hydroxylation is 1. The molecule has 0 bridgehead atoms. The molecular weight excluding hydrogens is 276 g/mol. The zero-order chi connectivity index (χ0) is 10.8. The molecule has 0 fully saturated rings. The molecule has 80 valence electrons. The quantitative estimate of drug-likeness (QED) is 0.936. The lowest BCUT2D eigenvalue weighted by atomic mass is 10.4. The van der Waals surface area contributed by atoms with Crippen LogP contribution in [0.3, 0.4) is 0 Å². The fraction of sp³-hybridized carbons (Fsp3) is 0.333. The van der Waals surface area contributed by atoms with Gasteiger partial charge in [-0.3, -0.25) is 4.68 Å². The summed E-state index contributed by atoms with van der Waals surface area (Å²) in [5.74, 6) is 1.70. The molecule has 2 N–H and O–H groups in total. The van der Waals surface area contributed by atoms with Gasteiger partial charge in [0, 0.05) is 23.3 Å². The molecule has 6 heteroatoms. The summed E-state index contributed by atoms with van der Waals surface area (Å²) in [5, 5.41) is 6.37. The number of thiophene rings is 1. The Balaban J connectivity index is 2.33. The highest BCUT2D eigenvalue weighted by Crippen LogP contribution is 2.27. The number of aromatic nitrogens is 3. The molecule has 2 rings (SSSR count). The van der Waals surface area contributed by atoms with Gasteiger partial charge in [0.25, 0.3) is 0 Å². The fourth-order valence-corrected chi connectivity index (χ4v) is 2.65. The third-order valence-corrected chi connectivity index (χ3v) is 3.70. The Labute approximate surface area is 100 Å². The Morgan fingerprint density at radius 2 is 2.40 bits per heavy atom. The van der Waals surface area contributed by atoms with Gasteiger partial charge in [-0.05, 0) is 28.5 Å². The van der Waals surface area contributed by atoms with Crippen molar-refractivity contribution in [2.75, 3.05) is 6.54 Å². The van der Waals surface area contributed by atoms with Crippen molar-refractivity contribution < 1.29 is 0 Å². The molecule has 0 amide bonds. The van der Waals surface area contributed by atoms with Crippen LogP contribution in [0.25, 0.3) is 10.7 Å². The second-order valence-electron chi connectivity index (χ2n) is 3.14. The molecule has 2 aromatic rings. The van der Waals surface area contributed by atoms with Crippen molar-refractivity contribution in [3.63, 3.8) is 0 Å². The van der Waals surface area contributed by atoms with E-state index in [0.29, 0.717) is 6.54 Å². The van der Waals surface area contributed by atoms with Crippen LogP contribution < -0.4 is 5.73 Å². The maximum absolute atomic E-state index is 5.50. The van der Waals surface area contributed by atoms with Gasteiger partial charge in [0.2, 0.25) is 0 Å². The number of hydrogen-bond donors (Lipinski definition) is 1. The molecule has 0 atom stereocenters. The van der Waals surface area contributed by atoms with Crippen molar-refractivity contribution in [1.82, 2.24) is 14.8 Å². The molecule has 0 saturated carbocycles. The number of nitrogens with zero attached hydrogens (tertiary/aromatic N) is 3. The van der Waals surface area contributed by atoms with E-state index in [1.807, 2.05) is 18.5 Å². The van der Waals surface area contributed by atoms with E-state index in [1.54, 1.807) is 16.0 Å². The number of hydrogen-bond acceptors (Lipinski definition) is 4. The molecule has 0 spiro atoms. The fourth-order valence-electron chi connectivity index (χ4n) is 1.30. The van der Waals surface area contributed by atoms with Crippen LogP contribution in [0, 0.1) is 0 Å². The van der Waals surface area contributed by atoms with Gasteiger partial charge < -0.3 is 5.73 Å². The molecule has 0 aromatic carbocycles. The molecule has 0 aliphatic heterocycles. The van der Waals surface area contributed by atoms with Crippen molar-refractivity contribution >= 4 is 27.3 Å². The Hall–Kier alpha value is -0.720. The van der Waals surface area contributed by atoms with E-state index in [9.17, 15) is 0 Å². The average Bonchev–Trinajstić information content (AvgIpc) is 2.75. The van der Waals surface area contributed by atoms with E-state index in [4.69, 9.17) is 5.73 Å². The summed E-state index contributed by atoms with van der Waals surface area (Å²) in [6.45, 7) is 0.597. The van der Waals surface area contributed by atoms with Crippen LogP contribution in [0.4, 0.5) is 0 Å². The van der Waals surface area contributed by atoms with Crippen molar-refractivity contribution in [3.05, 3.63) is 21.7 Å². The molecule has 0 radical (unpaired) electrons. The Bertz CT molecular complexity index is 462. The summed E-state index contributed by atoms with van der Waals surface area (Å²) in [4.78, 5) is 5.51. The third-order valence-electron chi connectivity index (χ3n) is 2.01. The van der Waals surface area contributed by atoms with Gasteiger partial charge in [-0.25, -0.2) is 4.98 Å². The monoisotopic (exact) mass is 286 g/mol. The van der Waals surface area contributed by atoms with Crippen LogP contribution in [0.5, 0.6) is 0 Å². The Morgan fingerprint density at radius 3 is 3.00 bits per heavy atom. The van der Waals surface area contributed by atoms with Gasteiger partial charge in [0.05, 0.1) is 4.88 Å². The SMILES string of the molecule is Cn1nc(-c2cc(Br)cs2)nc1CCN. The minimum Gasteiger partial charge on any atom is -0.330 e. The highest BCUT2D eigenvalue weighted by molar-refractivity contribution is 9.10. The molecule has 15 heavy (non-hydrogen) atoms. The zero-order valence-electron chi connectivity index (χ0n) is 8.27. The summed E-state index contributed by atoms with van der Waals surface area (Å²) < 4.78 is 2.85. The zero-order valence-corrected chi connectivity index (χ0v) is 10.7. The minimum atomic E-state index is 0.597. The van der Waals surface area contributed by atoms with Crippen molar-refractivity contribution in [1.29, 1.82) is 0 Å². The van der Waals surface area contributed by atoms with Gasteiger partial charge >= 0.3 is 0 Å². The maximum atomic E-state index is 5.50. The summed E-state index contributed by atoms with van der Waals surface area (Å²) >= 11 is 5.04. The first kappa shape index (κ1) is 10.8. The predicted octanol–water partition coefficient (Wildman–Crippen LogP) is 1.81. The van der Waals surface area contributed by atoms with Crippen LogP contribution in [0.15, 0.2) is 15.9 Å². The van der Waals surface area contributed by atoms with Gasteiger partial charge in [-0.2, -0.15) is 5.10 Å². The normalized spacial score (nSPS) is 10.9. The maximum Gasteiger partial charge on any atom is 0.191 e. The van der Waals surface area contributed by atoms with Gasteiger partial charge in [-0.15, -0.1) is 11.3 Å². The number of rotatable bonds is 3. The first-order chi connectivity index (χ1) is 7.20. The van der Waals surface area contributed by atoms with Crippen molar-refractivity contribution in [2.24, 2.45) is 12.8 Å². The van der Waals surface area contributed by atoms with E-state index in [0.717, 1.165) is 27.4 Å². The van der Waals surface area contributed by atoms with Gasteiger partial charge in [-0.1, -0.05) is 0 Å². The molecule has 0 unspecified atom stereocenters. The van der Waals surface area contributed by atoms with E-state index >= 15 is 0 Å². The molecule has 0 saturated heterocycles. The summed E-state index contributed by atoms with van der Waals surface area (Å²) in [6.07, 6.45) is 0.760. The Morgan fingerprint density at radius 1 is 1.60 bits per heavy atom. The smallest absolute Gasteiger partial charge is 0.191 e. The topological polar surface area (TPSA) is 56.7 Å². The predicted molar refractivity (Wildman–Crippen MR) is 64.8 cm³/mol. The van der Waals surface area contributed by atoms with E-state index in [2.05, 4.69) is 26.0 Å². The highest BCUT2D eigenvalue weighted by Gasteiger charge is 2.10. The van der Waals surface area contributed by atoms with Crippen LogP contribution in [-0.4, -0.2) is 21.3 Å². The lowest BCUT2D eigenvalue weighted by Crippen LogP contribution is -2.08. The van der Waals surface area contributed by atoms with Crippen LogP contribution in [-0.2, 0) is 13.5 Å². The van der Waals surface area contributed by atoms with Crippen LogP contribution in [0.2, 0.25) is 0 Å². The van der Waals surface area contributed by atoms with Gasteiger partial charge in [0.1, 0.15) is 5.82 Å². The lowest BCUT2D eigenvalue weighted by molar-refractivity contribution is 0.697.